The van der Waals surface area contributed by atoms with E-state index in [2.05, 4.69) is 21.0 Å². The molecule has 0 bridgehead atoms. The molecule has 1 saturated carbocycles. The average Bonchev–Trinajstić information content (AvgIpc) is 3.53. The standard InChI is InChI=1S/C23H19FN6O/c1-3-13-4-5-14(26-10-13)12-30(15-6-7-15)23(31)16-8-17-20(9-19(16)24)28-22(25)18-11-27-29(2)21(17)18/h1,4-5,8-11,15H,6-7,12H2,2H3,(H2,25,28). The van der Waals surface area contributed by atoms with Crippen molar-refractivity contribution in [2.45, 2.75) is 25.4 Å². The van der Waals surface area contributed by atoms with Gasteiger partial charge in [-0.3, -0.25) is 14.5 Å². The van der Waals surface area contributed by atoms with Crippen molar-refractivity contribution in [2.24, 2.45) is 7.05 Å². The predicted octanol–water partition coefficient (Wildman–Crippen LogP) is 3.02. The molecule has 1 aliphatic rings. The molecule has 2 N–H and O–H groups in total. The summed E-state index contributed by atoms with van der Waals surface area (Å²) in [5, 5.41) is 5.52. The van der Waals surface area contributed by atoms with Gasteiger partial charge in [0.1, 0.15) is 11.6 Å². The zero-order chi connectivity index (χ0) is 21.7. The van der Waals surface area contributed by atoms with E-state index in [-0.39, 0.29) is 29.9 Å². The smallest absolute Gasteiger partial charge is 0.257 e. The summed E-state index contributed by atoms with van der Waals surface area (Å²) in [4.78, 5) is 23.7. The van der Waals surface area contributed by atoms with E-state index in [1.54, 1.807) is 47.2 Å². The number of halogens is 1. The lowest BCUT2D eigenvalue weighted by Gasteiger charge is -2.22. The molecule has 1 fully saturated rings. The van der Waals surface area contributed by atoms with E-state index in [9.17, 15) is 4.79 Å². The Labute approximate surface area is 177 Å². The molecule has 0 radical (unpaired) electrons. The molecular weight excluding hydrogens is 395 g/mol. The van der Waals surface area contributed by atoms with Crippen LogP contribution in [0.15, 0.2) is 36.7 Å². The highest BCUT2D eigenvalue weighted by molar-refractivity contribution is 6.10. The Morgan fingerprint density at radius 2 is 2.13 bits per heavy atom. The Hall–Kier alpha value is -3.99. The summed E-state index contributed by atoms with van der Waals surface area (Å²) in [6, 6.07) is 6.45. The lowest BCUT2D eigenvalue weighted by Crippen LogP contribution is -2.33. The number of nitrogen functional groups attached to an aromatic ring is 1. The number of rotatable bonds is 4. The summed E-state index contributed by atoms with van der Waals surface area (Å²) >= 11 is 0. The number of anilines is 1. The third-order valence-electron chi connectivity index (χ3n) is 5.60. The second-order valence-electron chi connectivity index (χ2n) is 7.72. The number of hydrogen-bond donors (Lipinski definition) is 1. The predicted molar refractivity (Wildman–Crippen MR) is 115 cm³/mol. The number of carbonyl (C=O) groups is 1. The molecule has 0 unspecified atom stereocenters. The first-order chi connectivity index (χ1) is 15.0. The largest absolute Gasteiger partial charge is 0.383 e. The van der Waals surface area contributed by atoms with Gasteiger partial charge in [0.05, 0.1) is 40.4 Å². The molecule has 3 aromatic heterocycles. The van der Waals surface area contributed by atoms with Gasteiger partial charge in [-0.2, -0.15) is 5.10 Å². The van der Waals surface area contributed by atoms with Crippen LogP contribution in [0.4, 0.5) is 10.2 Å². The van der Waals surface area contributed by atoms with Gasteiger partial charge in [-0.15, -0.1) is 6.42 Å². The van der Waals surface area contributed by atoms with Gasteiger partial charge < -0.3 is 10.6 Å². The highest BCUT2D eigenvalue weighted by Gasteiger charge is 2.34. The SMILES string of the molecule is C#Cc1ccc(CN(C(=O)c2cc3c(cc2F)nc(N)c2cnn(C)c23)C2CC2)nc1. The molecule has 3 heterocycles. The highest BCUT2D eigenvalue weighted by Crippen LogP contribution is 2.33. The van der Waals surface area contributed by atoms with Gasteiger partial charge in [-0.25, -0.2) is 9.37 Å². The highest BCUT2D eigenvalue weighted by atomic mass is 19.1. The fourth-order valence-electron chi connectivity index (χ4n) is 3.83. The lowest BCUT2D eigenvalue weighted by molar-refractivity contribution is 0.0723. The van der Waals surface area contributed by atoms with Gasteiger partial charge >= 0.3 is 0 Å². The molecular formula is C23H19FN6O. The van der Waals surface area contributed by atoms with Crippen LogP contribution >= 0.6 is 0 Å². The number of fused-ring (bicyclic) bond motifs is 3. The van der Waals surface area contributed by atoms with Crippen molar-refractivity contribution in [3.8, 4) is 12.3 Å². The fraction of sp³-hybridized carbons (Fsp3) is 0.217. The van der Waals surface area contributed by atoms with Crippen molar-refractivity contribution in [2.75, 3.05) is 5.73 Å². The van der Waals surface area contributed by atoms with Crippen LogP contribution in [0.3, 0.4) is 0 Å². The minimum atomic E-state index is -0.632. The minimum Gasteiger partial charge on any atom is -0.383 e. The third-order valence-corrected chi connectivity index (χ3v) is 5.60. The van der Waals surface area contributed by atoms with Crippen LogP contribution in [-0.2, 0) is 13.6 Å². The average molecular weight is 414 g/mol. The number of nitrogens with zero attached hydrogens (tertiary/aromatic N) is 5. The second-order valence-corrected chi connectivity index (χ2v) is 7.72. The Kier molecular flexibility index (Phi) is 4.33. The molecule has 7 nitrogen and oxygen atoms in total. The molecule has 5 rings (SSSR count). The quantitative estimate of drug-likeness (QED) is 0.519. The Balaban J connectivity index is 1.57. The van der Waals surface area contributed by atoms with E-state index in [0.29, 0.717) is 33.1 Å². The number of aromatic nitrogens is 4. The van der Waals surface area contributed by atoms with E-state index in [4.69, 9.17) is 12.2 Å². The van der Waals surface area contributed by atoms with Crippen molar-refractivity contribution in [3.63, 3.8) is 0 Å². The molecule has 0 saturated heterocycles. The molecule has 8 heteroatoms. The molecule has 1 amide bonds. The Morgan fingerprint density at radius 3 is 2.81 bits per heavy atom. The van der Waals surface area contributed by atoms with Gasteiger partial charge in [0, 0.05) is 36.3 Å². The van der Waals surface area contributed by atoms with E-state index in [1.807, 2.05) is 0 Å². The molecule has 1 aromatic carbocycles. The van der Waals surface area contributed by atoms with Gasteiger partial charge in [0.15, 0.2) is 0 Å². The molecule has 31 heavy (non-hydrogen) atoms. The summed E-state index contributed by atoms with van der Waals surface area (Å²) in [6.07, 6.45) is 10.4. The first kappa shape index (κ1) is 19.0. The molecule has 0 aliphatic heterocycles. The van der Waals surface area contributed by atoms with Crippen LogP contribution in [0, 0.1) is 18.2 Å². The molecule has 0 atom stereocenters. The van der Waals surface area contributed by atoms with E-state index >= 15 is 4.39 Å². The van der Waals surface area contributed by atoms with Gasteiger partial charge in [-0.05, 0) is 31.0 Å². The lowest BCUT2D eigenvalue weighted by atomic mass is 10.1. The number of benzene rings is 1. The molecule has 0 spiro atoms. The normalized spacial score (nSPS) is 13.5. The Morgan fingerprint density at radius 1 is 1.32 bits per heavy atom. The second kappa shape index (κ2) is 7.06. The van der Waals surface area contributed by atoms with Crippen LogP contribution in [0.2, 0.25) is 0 Å². The number of terminal acetylenes is 1. The van der Waals surface area contributed by atoms with E-state index < -0.39 is 5.82 Å². The van der Waals surface area contributed by atoms with Gasteiger partial charge in [0.25, 0.3) is 5.91 Å². The number of aryl methyl sites for hydroxylation is 1. The fourth-order valence-corrected chi connectivity index (χ4v) is 3.83. The zero-order valence-corrected chi connectivity index (χ0v) is 16.8. The first-order valence-corrected chi connectivity index (χ1v) is 9.89. The van der Waals surface area contributed by atoms with Crippen molar-refractivity contribution in [3.05, 3.63) is 59.3 Å². The number of nitrogens with two attached hydrogens (primary N) is 1. The van der Waals surface area contributed by atoms with Crippen molar-refractivity contribution in [1.82, 2.24) is 24.6 Å². The minimum absolute atomic E-state index is 0.00582. The van der Waals surface area contributed by atoms with Crippen molar-refractivity contribution >= 4 is 33.5 Å². The molecule has 154 valence electrons. The number of amides is 1. The van der Waals surface area contributed by atoms with Crippen LogP contribution in [0.1, 0.15) is 34.5 Å². The maximum Gasteiger partial charge on any atom is 0.257 e. The van der Waals surface area contributed by atoms with Gasteiger partial charge in [-0.1, -0.05) is 5.92 Å². The van der Waals surface area contributed by atoms with Crippen LogP contribution in [0.5, 0.6) is 0 Å². The summed E-state index contributed by atoms with van der Waals surface area (Å²) in [7, 11) is 1.77. The van der Waals surface area contributed by atoms with E-state index in [0.717, 1.165) is 12.8 Å². The topological polar surface area (TPSA) is 89.9 Å². The van der Waals surface area contributed by atoms with Crippen molar-refractivity contribution in [1.29, 1.82) is 0 Å². The number of carbonyl (C=O) groups excluding carboxylic acids is 1. The third kappa shape index (κ3) is 3.24. The summed E-state index contributed by atoms with van der Waals surface area (Å²) < 4.78 is 16.7. The summed E-state index contributed by atoms with van der Waals surface area (Å²) in [6.45, 7) is 0.285. The zero-order valence-electron chi connectivity index (χ0n) is 16.8. The Bertz CT molecular complexity index is 1380. The maximum absolute atomic E-state index is 15.0. The van der Waals surface area contributed by atoms with Crippen LogP contribution < -0.4 is 5.73 Å². The molecule has 4 aromatic rings. The van der Waals surface area contributed by atoms with Crippen LogP contribution in [-0.4, -0.2) is 36.6 Å². The number of hydrogen-bond acceptors (Lipinski definition) is 5. The number of pyridine rings is 2. The summed E-state index contributed by atoms with van der Waals surface area (Å²) in [5.74, 6) is 1.79. The van der Waals surface area contributed by atoms with Crippen molar-refractivity contribution < 1.29 is 9.18 Å². The summed E-state index contributed by atoms with van der Waals surface area (Å²) in [5.41, 5.74) is 8.46. The van der Waals surface area contributed by atoms with Gasteiger partial charge in [0.2, 0.25) is 0 Å². The first-order valence-electron chi connectivity index (χ1n) is 9.89. The molecule has 1 aliphatic carbocycles. The maximum atomic E-state index is 15.0. The monoisotopic (exact) mass is 414 g/mol. The van der Waals surface area contributed by atoms with Crippen LogP contribution in [0.25, 0.3) is 21.8 Å². The van der Waals surface area contributed by atoms with E-state index in [1.165, 1.54) is 6.07 Å².